The Morgan fingerprint density at radius 3 is 1.23 bits per heavy atom. The quantitative estimate of drug-likeness (QED) is 0.0549. The molecule has 20 nitrogen and oxygen atoms in total. The second-order valence-corrected chi connectivity index (χ2v) is 19.3. The molecule has 0 aliphatic rings. The first-order valence-electron chi connectivity index (χ1n) is 17.9. The van der Waals surface area contributed by atoms with Gasteiger partial charge in [-0.2, -0.15) is 33.7 Å². The molecule has 324 valence electrons. The standard InChI is InChI=1S/C40H26N6O14S4/c47-39-27-12-17-36(63(55,56)57)40(48)38(27)35(20-37(39)64(58,59)60)46-45-34-16-14-32(26-11-9-23(19-29(26)34)62(52,53)54)43-44-33-15-13-31(25-10-8-22(18-28(25)33)61(49,50)51)42-41-30-7-3-5-21-4-1-2-6-24(21)30/h1-20,47-48H,(H,49,50,51)(H,52,53,54)(H,55,56,57)(H,58,59,60). The first kappa shape index (κ1) is 43.5. The Balaban J connectivity index is 1.27. The lowest BCUT2D eigenvalue weighted by Gasteiger charge is -2.12. The van der Waals surface area contributed by atoms with Gasteiger partial charge in [0.25, 0.3) is 40.5 Å². The average Bonchev–Trinajstić information content (AvgIpc) is 3.23. The van der Waals surface area contributed by atoms with Crippen LogP contribution in [-0.2, 0) is 40.5 Å². The lowest BCUT2D eigenvalue weighted by molar-refractivity contribution is 0.441. The van der Waals surface area contributed by atoms with Crippen molar-refractivity contribution in [2.45, 2.75) is 19.6 Å². The molecule has 24 heteroatoms. The second kappa shape index (κ2) is 15.9. The number of nitrogens with zero attached hydrogens (tertiary/aromatic N) is 6. The predicted octanol–water partition coefficient (Wildman–Crippen LogP) is 9.94. The minimum Gasteiger partial charge on any atom is -0.506 e. The van der Waals surface area contributed by atoms with E-state index in [0.717, 1.165) is 35.0 Å². The van der Waals surface area contributed by atoms with Gasteiger partial charge in [-0.15, -0.1) is 30.7 Å². The Hall–Kier alpha value is -7.16. The molecule has 6 N–H and O–H groups in total. The molecule has 64 heavy (non-hydrogen) atoms. The van der Waals surface area contributed by atoms with Crippen molar-refractivity contribution in [2.75, 3.05) is 0 Å². The molecule has 0 aromatic heterocycles. The molecule has 8 aromatic carbocycles. The van der Waals surface area contributed by atoms with E-state index in [4.69, 9.17) is 0 Å². The molecule has 0 saturated heterocycles. The molecule has 0 spiro atoms. The maximum Gasteiger partial charge on any atom is 0.298 e. The van der Waals surface area contributed by atoms with Crippen LogP contribution in [0, 0.1) is 0 Å². The predicted molar refractivity (Wildman–Crippen MR) is 231 cm³/mol. The first-order chi connectivity index (χ1) is 30.1. The molecule has 8 aromatic rings. The Morgan fingerprint density at radius 1 is 0.328 bits per heavy atom. The van der Waals surface area contributed by atoms with Gasteiger partial charge in [0.15, 0.2) is 0 Å². The van der Waals surface area contributed by atoms with Crippen LogP contribution in [0.5, 0.6) is 11.5 Å². The summed E-state index contributed by atoms with van der Waals surface area (Å²) in [7, 11) is -19.8. The number of rotatable bonds is 10. The summed E-state index contributed by atoms with van der Waals surface area (Å²) in [6.07, 6.45) is 0. The van der Waals surface area contributed by atoms with E-state index in [1.165, 1.54) is 36.4 Å². The Labute approximate surface area is 361 Å². The van der Waals surface area contributed by atoms with Gasteiger partial charge < -0.3 is 10.2 Å². The van der Waals surface area contributed by atoms with Crippen LogP contribution >= 0.6 is 0 Å². The Kier molecular flexibility index (Phi) is 10.8. The molecule has 0 amide bonds. The lowest BCUT2D eigenvalue weighted by Crippen LogP contribution is -2.01. The van der Waals surface area contributed by atoms with Crippen molar-refractivity contribution < 1.29 is 62.1 Å². The van der Waals surface area contributed by atoms with Crippen LogP contribution in [0.4, 0.5) is 34.1 Å². The minimum atomic E-state index is -5.19. The van der Waals surface area contributed by atoms with Crippen molar-refractivity contribution in [3.8, 4) is 11.5 Å². The molecule has 0 fully saturated rings. The van der Waals surface area contributed by atoms with Gasteiger partial charge in [0.2, 0.25) is 0 Å². The van der Waals surface area contributed by atoms with Gasteiger partial charge in [-0.05, 0) is 78.2 Å². The molecule has 0 heterocycles. The van der Waals surface area contributed by atoms with Crippen LogP contribution in [-0.4, -0.2) is 62.1 Å². The van der Waals surface area contributed by atoms with Crippen molar-refractivity contribution in [2.24, 2.45) is 30.7 Å². The highest BCUT2D eigenvalue weighted by Gasteiger charge is 2.26. The number of phenolic OH excluding ortho intramolecular Hbond substituents is 2. The third kappa shape index (κ3) is 8.37. The molecule has 0 radical (unpaired) electrons. The maximum absolute atomic E-state index is 12.2. The van der Waals surface area contributed by atoms with E-state index in [1.807, 2.05) is 36.4 Å². The molecule has 0 saturated carbocycles. The number of fused-ring (bicyclic) bond motifs is 4. The summed E-state index contributed by atoms with van der Waals surface area (Å²) in [4.78, 5) is -3.28. The highest BCUT2D eigenvalue weighted by atomic mass is 32.2. The fourth-order valence-electron chi connectivity index (χ4n) is 6.79. The van der Waals surface area contributed by atoms with E-state index in [-0.39, 0.29) is 33.2 Å². The molecule has 0 unspecified atom stereocenters. The zero-order chi connectivity index (χ0) is 45.9. The van der Waals surface area contributed by atoms with Crippen molar-refractivity contribution >= 4 is 118 Å². The molecule has 8 rings (SSSR count). The highest BCUT2D eigenvalue weighted by Crippen LogP contribution is 2.46. The van der Waals surface area contributed by atoms with Crippen molar-refractivity contribution in [1.82, 2.24) is 0 Å². The van der Waals surface area contributed by atoms with Crippen LogP contribution in [0.25, 0.3) is 43.1 Å². The van der Waals surface area contributed by atoms with Crippen LogP contribution in [0.15, 0.2) is 172 Å². The Bertz CT molecular complexity index is 3880. The van der Waals surface area contributed by atoms with Gasteiger partial charge in [0, 0.05) is 32.3 Å². The first-order valence-corrected chi connectivity index (χ1v) is 23.6. The minimum absolute atomic E-state index is 0.0359. The maximum atomic E-state index is 12.2. The van der Waals surface area contributed by atoms with Gasteiger partial charge in [-0.25, -0.2) is 0 Å². The van der Waals surface area contributed by atoms with Gasteiger partial charge in [0.1, 0.15) is 21.3 Å². The topological polar surface area (TPSA) is 332 Å². The van der Waals surface area contributed by atoms with Crippen LogP contribution in [0.1, 0.15) is 0 Å². The zero-order valence-electron chi connectivity index (χ0n) is 31.8. The van der Waals surface area contributed by atoms with E-state index in [1.54, 1.807) is 12.1 Å². The van der Waals surface area contributed by atoms with Crippen molar-refractivity contribution in [3.05, 3.63) is 121 Å². The van der Waals surface area contributed by atoms with E-state index >= 15 is 0 Å². The van der Waals surface area contributed by atoms with E-state index < -0.39 is 88.0 Å². The van der Waals surface area contributed by atoms with Crippen LogP contribution in [0.3, 0.4) is 0 Å². The second-order valence-electron chi connectivity index (χ2n) is 13.7. The SMILES string of the molecule is O=S(=O)(O)c1ccc2c(N=Nc3cccc4ccccc34)ccc(N=Nc3ccc(N=Nc4cc(S(=O)(=O)O)c(O)c5ccc(S(=O)(=O)O)c(O)c45)c4cc(S(=O)(=O)O)ccc34)c2c1. The van der Waals surface area contributed by atoms with Crippen LogP contribution in [0.2, 0.25) is 0 Å². The molecule has 0 aliphatic carbocycles. The van der Waals surface area contributed by atoms with Crippen LogP contribution < -0.4 is 0 Å². The summed E-state index contributed by atoms with van der Waals surface area (Å²) >= 11 is 0. The highest BCUT2D eigenvalue weighted by molar-refractivity contribution is 7.86. The molecule has 0 aliphatic heterocycles. The molecule has 0 bridgehead atoms. The summed E-state index contributed by atoms with van der Waals surface area (Å²) in [6.45, 7) is 0. The van der Waals surface area contributed by atoms with E-state index in [0.29, 0.717) is 28.9 Å². The van der Waals surface area contributed by atoms with Crippen molar-refractivity contribution in [3.63, 3.8) is 0 Å². The van der Waals surface area contributed by atoms with Gasteiger partial charge in [-0.1, -0.05) is 48.5 Å². The lowest BCUT2D eigenvalue weighted by atomic mass is 10.1. The summed E-state index contributed by atoms with van der Waals surface area (Å²) in [6, 6.07) is 27.6. The van der Waals surface area contributed by atoms with E-state index in [9.17, 15) is 62.1 Å². The third-order valence-corrected chi connectivity index (χ3v) is 13.2. The molecular weight excluding hydrogens is 917 g/mol. The zero-order valence-corrected chi connectivity index (χ0v) is 35.1. The number of benzene rings is 8. The summed E-state index contributed by atoms with van der Waals surface area (Å²) in [5, 5.41) is 48.2. The normalized spacial score (nSPS) is 13.1. The molecule has 0 atom stereocenters. The van der Waals surface area contributed by atoms with Gasteiger partial charge in [0.05, 0.1) is 49.3 Å². The summed E-state index contributed by atoms with van der Waals surface area (Å²) < 4.78 is 137. The van der Waals surface area contributed by atoms with Gasteiger partial charge >= 0.3 is 0 Å². The summed E-state index contributed by atoms with van der Waals surface area (Å²) in [5.41, 5.74) is 0.101. The number of phenols is 2. The Morgan fingerprint density at radius 2 is 0.750 bits per heavy atom. The third-order valence-electron chi connectivity index (χ3n) is 9.75. The fraction of sp³-hybridized carbons (Fsp3) is 0. The number of hydrogen-bond acceptors (Lipinski definition) is 16. The van der Waals surface area contributed by atoms with Crippen molar-refractivity contribution in [1.29, 1.82) is 0 Å². The number of azo groups is 3. The summed E-state index contributed by atoms with van der Waals surface area (Å²) in [5.74, 6) is -2.30. The van der Waals surface area contributed by atoms with E-state index in [2.05, 4.69) is 30.7 Å². The molecular formula is C40H26N6O14S4. The number of aromatic hydroxyl groups is 2. The van der Waals surface area contributed by atoms with Gasteiger partial charge in [-0.3, -0.25) is 18.2 Å². The average molecular weight is 943 g/mol. The smallest absolute Gasteiger partial charge is 0.298 e. The largest absolute Gasteiger partial charge is 0.506 e. The monoisotopic (exact) mass is 942 g/mol. The number of hydrogen-bond donors (Lipinski definition) is 6. The fourth-order valence-corrected chi connectivity index (χ4v) is 9.01.